The Kier molecular flexibility index (Phi) is 2.94. The molecule has 2 rings (SSSR count). The predicted octanol–water partition coefficient (Wildman–Crippen LogP) is 3.63. The van der Waals surface area contributed by atoms with Gasteiger partial charge in [-0.1, -0.05) is 26.8 Å². The first-order chi connectivity index (χ1) is 7.87. The molecule has 1 aromatic carbocycles. The van der Waals surface area contributed by atoms with Crippen LogP contribution in [0.2, 0.25) is 0 Å². The van der Waals surface area contributed by atoms with Crippen LogP contribution in [-0.2, 0) is 15.8 Å². The van der Waals surface area contributed by atoms with Crippen LogP contribution in [0.3, 0.4) is 0 Å². The van der Waals surface area contributed by atoms with E-state index in [1.807, 2.05) is 0 Å². The average molecular weight is 234 g/mol. The van der Waals surface area contributed by atoms with Gasteiger partial charge in [-0.2, -0.15) is 0 Å². The van der Waals surface area contributed by atoms with Gasteiger partial charge < -0.3 is 9.47 Å². The van der Waals surface area contributed by atoms with Gasteiger partial charge in [0.1, 0.15) is 5.75 Å². The van der Waals surface area contributed by atoms with Crippen LogP contribution in [0.25, 0.3) is 0 Å². The number of methoxy groups -OCH3 is 1. The lowest BCUT2D eigenvalue weighted by Crippen LogP contribution is -2.38. The Labute approximate surface area is 104 Å². The van der Waals surface area contributed by atoms with E-state index < -0.39 is 0 Å². The molecule has 94 valence electrons. The second-order valence-electron chi connectivity index (χ2n) is 5.99. The molecule has 1 aliphatic heterocycles. The van der Waals surface area contributed by atoms with Crippen LogP contribution in [0.4, 0.5) is 0 Å². The number of ether oxygens (including phenoxy) is 2. The molecule has 17 heavy (non-hydrogen) atoms. The Morgan fingerprint density at radius 2 is 1.94 bits per heavy atom. The molecule has 0 bridgehead atoms. The molecule has 0 saturated carbocycles. The van der Waals surface area contributed by atoms with E-state index in [1.165, 1.54) is 11.1 Å². The summed E-state index contributed by atoms with van der Waals surface area (Å²) in [5.74, 6) is 0.931. The van der Waals surface area contributed by atoms with Gasteiger partial charge >= 0.3 is 0 Å². The predicted molar refractivity (Wildman–Crippen MR) is 69.6 cm³/mol. The highest BCUT2D eigenvalue weighted by Crippen LogP contribution is 2.43. The lowest BCUT2D eigenvalue weighted by atomic mass is 9.81. The molecule has 0 N–H and O–H groups in total. The molecule has 1 saturated heterocycles. The summed E-state index contributed by atoms with van der Waals surface area (Å²) in [6.07, 6.45) is 1.07. The monoisotopic (exact) mass is 234 g/mol. The zero-order valence-electron chi connectivity index (χ0n) is 11.5. The summed E-state index contributed by atoms with van der Waals surface area (Å²) in [6.45, 7) is 9.66. The molecular formula is C15H22O2. The second-order valence-corrected chi connectivity index (χ2v) is 5.99. The van der Waals surface area contributed by atoms with Gasteiger partial charge in [0.05, 0.1) is 19.3 Å². The van der Waals surface area contributed by atoms with Crippen molar-refractivity contribution in [2.45, 2.75) is 45.1 Å². The van der Waals surface area contributed by atoms with Crippen molar-refractivity contribution < 1.29 is 9.47 Å². The maximum Gasteiger partial charge on any atom is 0.124 e. The van der Waals surface area contributed by atoms with E-state index in [9.17, 15) is 0 Å². The summed E-state index contributed by atoms with van der Waals surface area (Å²) in [4.78, 5) is 0. The normalized spacial score (nSPS) is 24.3. The first-order valence-electron chi connectivity index (χ1n) is 6.20. The van der Waals surface area contributed by atoms with Crippen molar-refractivity contribution in [2.75, 3.05) is 13.7 Å². The Morgan fingerprint density at radius 3 is 2.35 bits per heavy atom. The van der Waals surface area contributed by atoms with Gasteiger partial charge in [-0.05, 0) is 30.0 Å². The zero-order valence-corrected chi connectivity index (χ0v) is 11.5. The zero-order chi connectivity index (χ0) is 12.7. The van der Waals surface area contributed by atoms with E-state index in [1.54, 1.807) is 7.11 Å². The summed E-state index contributed by atoms with van der Waals surface area (Å²) < 4.78 is 11.2. The highest BCUT2D eigenvalue weighted by Gasteiger charge is 2.38. The molecule has 2 heteroatoms. The van der Waals surface area contributed by atoms with Gasteiger partial charge in [-0.3, -0.25) is 0 Å². The van der Waals surface area contributed by atoms with Gasteiger partial charge in [0, 0.05) is 12.0 Å². The van der Waals surface area contributed by atoms with E-state index in [0.717, 1.165) is 18.8 Å². The smallest absolute Gasteiger partial charge is 0.124 e. The quantitative estimate of drug-likeness (QED) is 0.778. The van der Waals surface area contributed by atoms with Crippen molar-refractivity contribution in [1.29, 1.82) is 0 Å². The third-order valence-electron chi connectivity index (χ3n) is 3.64. The lowest BCUT2D eigenvalue weighted by Gasteiger charge is -2.40. The fourth-order valence-corrected chi connectivity index (χ4v) is 2.21. The van der Waals surface area contributed by atoms with Gasteiger partial charge in [0.25, 0.3) is 0 Å². The van der Waals surface area contributed by atoms with E-state index >= 15 is 0 Å². The Morgan fingerprint density at radius 1 is 1.29 bits per heavy atom. The van der Waals surface area contributed by atoms with Crippen molar-refractivity contribution in [3.05, 3.63) is 29.3 Å². The number of benzene rings is 1. The molecule has 1 atom stereocenters. The Balaban J connectivity index is 2.47. The Hall–Kier alpha value is -1.02. The number of rotatable bonds is 2. The molecule has 1 aromatic rings. The van der Waals surface area contributed by atoms with Crippen LogP contribution in [0.15, 0.2) is 18.2 Å². The minimum atomic E-state index is -0.160. The van der Waals surface area contributed by atoms with E-state index in [-0.39, 0.29) is 11.0 Å². The fraction of sp³-hybridized carbons (Fsp3) is 0.600. The maximum atomic E-state index is 5.73. The first kappa shape index (κ1) is 12.4. The van der Waals surface area contributed by atoms with Crippen molar-refractivity contribution >= 4 is 0 Å². The van der Waals surface area contributed by atoms with Crippen molar-refractivity contribution in [3.8, 4) is 5.75 Å². The highest BCUT2D eigenvalue weighted by molar-refractivity contribution is 5.43. The largest absolute Gasteiger partial charge is 0.496 e. The standard InChI is InChI=1S/C15H22O2/c1-14(2,3)11-6-7-13(16-5)12(10-11)15(4)8-9-17-15/h6-7,10H,8-9H2,1-5H3. The SMILES string of the molecule is COc1ccc(C(C)(C)C)cc1C1(C)CCO1. The molecule has 0 amide bonds. The minimum Gasteiger partial charge on any atom is -0.496 e. The second kappa shape index (κ2) is 4.02. The van der Waals surface area contributed by atoms with Crippen LogP contribution < -0.4 is 4.74 Å². The van der Waals surface area contributed by atoms with Crippen LogP contribution in [0.1, 0.15) is 45.2 Å². The van der Waals surface area contributed by atoms with Gasteiger partial charge in [-0.15, -0.1) is 0 Å². The molecule has 0 radical (unpaired) electrons. The maximum absolute atomic E-state index is 5.73. The van der Waals surface area contributed by atoms with Gasteiger partial charge in [-0.25, -0.2) is 0 Å². The van der Waals surface area contributed by atoms with Crippen LogP contribution in [0.5, 0.6) is 5.75 Å². The average Bonchev–Trinajstić information content (AvgIpc) is 2.23. The number of hydrogen-bond acceptors (Lipinski definition) is 2. The van der Waals surface area contributed by atoms with Crippen LogP contribution >= 0.6 is 0 Å². The first-order valence-corrected chi connectivity index (χ1v) is 6.20. The summed E-state index contributed by atoms with van der Waals surface area (Å²) in [5.41, 5.74) is 2.50. The molecular weight excluding hydrogens is 212 g/mol. The van der Waals surface area contributed by atoms with Crippen molar-refractivity contribution in [3.63, 3.8) is 0 Å². The van der Waals surface area contributed by atoms with Crippen LogP contribution in [-0.4, -0.2) is 13.7 Å². The van der Waals surface area contributed by atoms with Crippen LogP contribution in [0, 0.1) is 0 Å². The summed E-state index contributed by atoms with van der Waals surface area (Å²) in [5, 5.41) is 0. The summed E-state index contributed by atoms with van der Waals surface area (Å²) in [6, 6.07) is 6.44. The fourth-order valence-electron chi connectivity index (χ4n) is 2.21. The topological polar surface area (TPSA) is 18.5 Å². The molecule has 1 fully saturated rings. The third-order valence-corrected chi connectivity index (χ3v) is 3.64. The van der Waals surface area contributed by atoms with Gasteiger partial charge in [0.2, 0.25) is 0 Å². The number of hydrogen-bond donors (Lipinski definition) is 0. The Bertz CT molecular complexity index is 411. The molecule has 0 aliphatic carbocycles. The minimum absolute atomic E-state index is 0.154. The van der Waals surface area contributed by atoms with Crippen molar-refractivity contribution in [2.24, 2.45) is 0 Å². The van der Waals surface area contributed by atoms with E-state index in [4.69, 9.17) is 9.47 Å². The molecule has 0 aromatic heterocycles. The summed E-state index contributed by atoms with van der Waals surface area (Å²) >= 11 is 0. The summed E-state index contributed by atoms with van der Waals surface area (Å²) in [7, 11) is 1.72. The van der Waals surface area contributed by atoms with E-state index in [0.29, 0.717) is 0 Å². The van der Waals surface area contributed by atoms with Gasteiger partial charge in [0.15, 0.2) is 0 Å². The molecule has 2 nitrogen and oxygen atoms in total. The van der Waals surface area contributed by atoms with E-state index in [2.05, 4.69) is 45.9 Å². The molecule has 1 unspecified atom stereocenters. The lowest BCUT2D eigenvalue weighted by molar-refractivity contribution is -0.141. The molecule has 0 spiro atoms. The van der Waals surface area contributed by atoms with Crippen molar-refractivity contribution in [1.82, 2.24) is 0 Å². The molecule has 1 aliphatic rings. The highest BCUT2D eigenvalue weighted by atomic mass is 16.5. The molecule has 1 heterocycles. The third kappa shape index (κ3) is 2.19.